The van der Waals surface area contributed by atoms with E-state index in [1.54, 1.807) is 60.7 Å². The van der Waals surface area contributed by atoms with Crippen LogP contribution in [0.5, 0.6) is 11.5 Å². The zero-order valence-electron chi connectivity index (χ0n) is 19.2. The summed E-state index contributed by atoms with van der Waals surface area (Å²) in [4.78, 5) is 27.7. The maximum absolute atomic E-state index is 13.2. The molecule has 1 aliphatic rings. The molecule has 1 amide bonds. The summed E-state index contributed by atoms with van der Waals surface area (Å²) >= 11 is 0. The van der Waals surface area contributed by atoms with E-state index in [0.29, 0.717) is 41.6 Å². The van der Waals surface area contributed by atoms with E-state index >= 15 is 0 Å². The lowest BCUT2D eigenvalue weighted by Gasteiger charge is -2.24. The van der Waals surface area contributed by atoms with Crippen LogP contribution < -0.4 is 9.47 Å². The van der Waals surface area contributed by atoms with Crippen LogP contribution in [0.1, 0.15) is 43.2 Å². The van der Waals surface area contributed by atoms with Gasteiger partial charge in [0.1, 0.15) is 23.0 Å². The van der Waals surface area contributed by atoms with Crippen molar-refractivity contribution in [3.63, 3.8) is 0 Å². The number of amides is 1. The number of furan rings is 1. The molecule has 1 atom stereocenters. The highest BCUT2D eigenvalue weighted by atomic mass is 16.5. The fourth-order valence-corrected chi connectivity index (χ4v) is 3.98. The first-order valence-corrected chi connectivity index (χ1v) is 11.3. The maximum Gasteiger partial charge on any atom is 0.296 e. The van der Waals surface area contributed by atoms with Crippen molar-refractivity contribution < 1.29 is 28.6 Å². The van der Waals surface area contributed by atoms with Crippen LogP contribution in [-0.4, -0.2) is 34.9 Å². The van der Waals surface area contributed by atoms with Crippen molar-refractivity contribution in [1.82, 2.24) is 4.90 Å². The summed E-state index contributed by atoms with van der Waals surface area (Å²) in [5.74, 6) is 0.0929. The number of carbonyl (C=O) groups excluding carboxylic acids is 2. The van der Waals surface area contributed by atoms with Gasteiger partial charge in [-0.2, -0.15) is 0 Å². The Hall–Kier alpha value is -4.00. The molecule has 0 spiro atoms. The molecule has 0 aliphatic carbocycles. The number of likely N-dealkylation sites (tertiary alicyclic amines) is 1. The third-order valence-electron chi connectivity index (χ3n) is 5.53. The largest absolute Gasteiger partial charge is 0.507 e. The summed E-state index contributed by atoms with van der Waals surface area (Å²) in [6.07, 6.45) is 2.35. The highest BCUT2D eigenvalue weighted by Crippen LogP contribution is 2.41. The first kappa shape index (κ1) is 23.2. The van der Waals surface area contributed by atoms with Crippen molar-refractivity contribution in [3.8, 4) is 11.5 Å². The number of aliphatic hydroxyl groups excluding tert-OH is 1. The second-order valence-electron chi connectivity index (χ2n) is 7.88. The van der Waals surface area contributed by atoms with Gasteiger partial charge in [-0.05, 0) is 55.3 Å². The fourth-order valence-electron chi connectivity index (χ4n) is 3.98. The Labute approximate surface area is 198 Å². The number of rotatable bonds is 9. The van der Waals surface area contributed by atoms with E-state index in [9.17, 15) is 14.7 Å². The number of aliphatic hydroxyl groups is 1. The van der Waals surface area contributed by atoms with Crippen LogP contribution in [-0.2, 0) is 16.1 Å². The Balaban J connectivity index is 1.79. The van der Waals surface area contributed by atoms with Gasteiger partial charge in [-0.3, -0.25) is 9.59 Å². The number of ether oxygens (including phenoxy) is 2. The van der Waals surface area contributed by atoms with E-state index in [-0.39, 0.29) is 17.9 Å². The van der Waals surface area contributed by atoms with Crippen LogP contribution in [0.25, 0.3) is 5.76 Å². The topological polar surface area (TPSA) is 89.2 Å². The third-order valence-corrected chi connectivity index (χ3v) is 5.53. The lowest BCUT2D eigenvalue weighted by atomic mass is 9.95. The van der Waals surface area contributed by atoms with Crippen LogP contribution in [0.15, 0.2) is 76.9 Å². The van der Waals surface area contributed by atoms with Crippen molar-refractivity contribution >= 4 is 17.4 Å². The van der Waals surface area contributed by atoms with Crippen molar-refractivity contribution in [1.29, 1.82) is 0 Å². The SMILES string of the molecule is CCCOc1cccc(C(O)=C2C(=O)C(=O)N(Cc3ccco3)C2c2ccc(OCC)cc2)c1. The second kappa shape index (κ2) is 10.3. The molecule has 7 heteroatoms. The molecule has 3 aromatic rings. The molecule has 2 aromatic carbocycles. The first-order valence-electron chi connectivity index (χ1n) is 11.3. The molecule has 1 fully saturated rings. The number of benzene rings is 2. The van der Waals surface area contributed by atoms with E-state index < -0.39 is 17.7 Å². The van der Waals surface area contributed by atoms with Gasteiger partial charge in [0.2, 0.25) is 0 Å². The normalized spacial score (nSPS) is 17.2. The standard InChI is InChI=1S/C27H27NO6/c1-3-14-33-21-8-5-7-19(16-21)25(29)23-24(18-10-12-20(13-11-18)32-4-2)28(27(31)26(23)30)17-22-9-6-15-34-22/h5-13,15-16,24,29H,3-4,14,17H2,1-2H3. The van der Waals surface area contributed by atoms with Gasteiger partial charge in [-0.1, -0.05) is 31.2 Å². The predicted octanol–water partition coefficient (Wildman–Crippen LogP) is 5.09. The minimum absolute atomic E-state index is 0.0216. The zero-order valence-corrected chi connectivity index (χ0v) is 19.2. The lowest BCUT2D eigenvalue weighted by molar-refractivity contribution is -0.140. The Kier molecular flexibility index (Phi) is 7.01. The van der Waals surface area contributed by atoms with Gasteiger partial charge < -0.3 is 23.9 Å². The van der Waals surface area contributed by atoms with Crippen molar-refractivity contribution in [2.24, 2.45) is 0 Å². The molecule has 7 nitrogen and oxygen atoms in total. The van der Waals surface area contributed by atoms with Gasteiger partial charge in [0.25, 0.3) is 11.7 Å². The number of carbonyl (C=O) groups is 2. The predicted molar refractivity (Wildman–Crippen MR) is 126 cm³/mol. The average molecular weight is 462 g/mol. The van der Waals surface area contributed by atoms with E-state index in [4.69, 9.17) is 13.9 Å². The van der Waals surface area contributed by atoms with E-state index in [1.165, 1.54) is 11.2 Å². The summed E-state index contributed by atoms with van der Waals surface area (Å²) in [5, 5.41) is 11.2. The van der Waals surface area contributed by atoms with Crippen LogP contribution in [0, 0.1) is 0 Å². The van der Waals surface area contributed by atoms with E-state index in [2.05, 4.69) is 0 Å². The van der Waals surface area contributed by atoms with Gasteiger partial charge >= 0.3 is 0 Å². The zero-order chi connectivity index (χ0) is 24.1. The van der Waals surface area contributed by atoms with Crippen LogP contribution in [0.4, 0.5) is 0 Å². The Morgan fingerprint density at radius 1 is 1.00 bits per heavy atom. The van der Waals surface area contributed by atoms with Crippen molar-refractivity contribution in [2.75, 3.05) is 13.2 Å². The molecule has 1 N–H and O–H groups in total. The maximum atomic E-state index is 13.2. The number of hydrogen-bond donors (Lipinski definition) is 1. The average Bonchev–Trinajstić information content (AvgIpc) is 3.46. The Bertz CT molecular complexity index is 1180. The molecule has 1 aliphatic heterocycles. The molecule has 1 unspecified atom stereocenters. The van der Waals surface area contributed by atoms with Crippen molar-refractivity contribution in [3.05, 3.63) is 89.4 Å². The number of hydrogen-bond acceptors (Lipinski definition) is 6. The van der Waals surface area contributed by atoms with Gasteiger partial charge in [-0.25, -0.2) is 0 Å². The lowest BCUT2D eigenvalue weighted by Crippen LogP contribution is -2.29. The molecule has 4 rings (SSSR count). The van der Waals surface area contributed by atoms with Crippen molar-refractivity contribution in [2.45, 2.75) is 32.9 Å². The molecule has 0 bridgehead atoms. The second-order valence-corrected chi connectivity index (χ2v) is 7.88. The highest BCUT2D eigenvalue weighted by Gasteiger charge is 2.46. The smallest absolute Gasteiger partial charge is 0.296 e. The minimum Gasteiger partial charge on any atom is -0.507 e. The molecule has 34 heavy (non-hydrogen) atoms. The monoisotopic (exact) mass is 461 g/mol. The summed E-state index contributed by atoms with van der Waals surface area (Å²) < 4.78 is 16.6. The van der Waals surface area contributed by atoms with Crippen LogP contribution >= 0.6 is 0 Å². The molecule has 1 aromatic heterocycles. The molecule has 1 saturated heterocycles. The Morgan fingerprint density at radius 3 is 2.47 bits per heavy atom. The van der Waals surface area contributed by atoms with Gasteiger partial charge in [0.05, 0.1) is 37.6 Å². The minimum atomic E-state index is -0.791. The molecule has 2 heterocycles. The summed E-state index contributed by atoms with van der Waals surface area (Å²) in [6, 6.07) is 16.7. The molecule has 0 saturated carbocycles. The molecular weight excluding hydrogens is 434 g/mol. The Morgan fingerprint density at radius 2 is 1.79 bits per heavy atom. The van der Waals surface area contributed by atoms with Gasteiger partial charge in [0, 0.05) is 5.56 Å². The summed E-state index contributed by atoms with van der Waals surface area (Å²) in [7, 11) is 0. The van der Waals surface area contributed by atoms with E-state index in [0.717, 1.165) is 6.42 Å². The number of ketones is 1. The van der Waals surface area contributed by atoms with Gasteiger partial charge in [-0.15, -0.1) is 0 Å². The van der Waals surface area contributed by atoms with E-state index in [1.807, 2.05) is 13.8 Å². The first-order chi connectivity index (χ1) is 16.5. The molecule has 0 radical (unpaired) electrons. The summed E-state index contributed by atoms with van der Waals surface area (Å²) in [5.41, 5.74) is 1.10. The van der Waals surface area contributed by atoms with Crippen LogP contribution in [0.2, 0.25) is 0 Å². The van der Waals surface area contributed by atoms with Gasteiger partial charge in [0.15, 0.2) is 0 Å². The third kappa shape index (κ3) is 4.69. The molecular formula is C27H27NO6. The van der Waals surface area contributed by atoms with Crippen LogP contribution in [0.3, 0.4) is 0 Å². The number of Topliss-reactive ketones (excluding diaryl/α,β-unsaturated/α-hetero) is 1. The molecule has 176 valence electrons. The summed E-state index contributed by atoms with van der Waals surface area (Å²) in [6.45, 7) is 5.04. The fraction of sp³-hybridized carbons (Fsp3) is 0.259. The highest BCUT2D eigenvalue weighted by molar-refractivity contribution is 6.46. The number of nitrogens with zero attached hydrogens (tertiary/aromatic N) is 1. The quantitative estimate of drug-likeness (QED) is 0.271.